The summed E-state index contributed by atoms with van der Waals surface area (Å²) in [6.07, 6.45) is 4.51. The number of benzene rings is 3. The van der Waals surface area contributed by atoms with Gasteiger partial charge in [0.05, 0.1) is 23.7 Å². The zero-order valence-electron chi connectivity index (χ0n) is 20.8. The van der Waals surface area contributed by atoms with Crippen LogP contribution in [0.2, 0.25) is 5.02 Å². The lowest BCUT2D eigenvalue weighted by Gasteiger charge is -2.27. The second kappa shape index (κ2) is 10.9. The van der Waals surface area contributed by atoms with Crippen molar-refractivity contribution in [2.45, 2.75) is 50.5 Å². The molecule has 8 heteroatoms. The van der Waals surface area contributed by atoms with Crippen LogP contribution >= 0.6 is 11.6 Å². The molecule has 0 heterocycles. The molecule has 1 atom stereocenters. The van der Waals surface area contributed by atoms with Crippen LogP contribution in [0.3, 0.4) is 0 Å². The molecule has 0 fully saturated rings. The first kappa shape index (κ1) is 26.0. The van der Waals surface area contributed by atoms with Crippen molar-refractivity contribution in [3.05, 3.63) is 87.9 Å². The molecule has 1 amide bonds. The van der Waals surface area contributed by atoms with Crippen molar-refractivity contribution in [3.8, 4) is 5.75 Å². The number of methoxy groups -OCH3 is 1. The number of nitrogens with one attached hydrogen (secondary N) is 1. The molecule has 1 N–H and O–H groups in total. The highest BCUT2D eigenvalue weighted by Crippen LogP contribution is 2.35. The van der Waals surface area contributed by atoms with Crippen LogP contribution in [0.25, 0.3) is 0 Å². The fourth-order valence-electron chi connectivity index (χ4n) is 4.52. The molecule has 0 saturated carbocycles. The van der Waals surface area contributed by atoms with Gasteiger partial charge in [-0.05, 0) is 86.6 Å². The van der Waals surface area contributed by atoms with Gasteiger partial charge < -0.3 is 10.1 Å². The van der Waals surface area contributed by atoms with E-state index in [2.05, 4.69) is 17.4 Å². The number of nitrogens with zero attached hydrogens (tertiary/aromatic N) is 1. The molecule has 3 aromatic carbocycles. The highest BCUT2D eigenvalue weighted by molar-refractivity contribution is 7.92. The lowest BCUT2D eigenvalue weighted by Crippen LogP contribution is -2.41. The average molecular weight is 527 g/mol. The van der Waals surface area contributed by atoms with Crippen molar-refractivity contribution in [1.82, 2.24) is 5.32 Å². The Labute approximate surface area is 218 Å². The molecule has 0 saturated heterocycles. The predicted octanol–water partition coefficient (Wildman–Crippen LogP) is 5.61. The molecule has 0 aliphatic heterocycles. The third kappa shape index (κ3) is 5.68. The summed E-state index contributed by atoms with van der Waals surface area (Å²) in [5.74, 6) is -0.136. The van der Waals surface area contributed by atoms with Gasteiger partial charge in [0.15, 0.2) is 0 Å². The number of ether oxygens (including phenoxy) is 1. The Bertz CT molecular complexity index is 1360. The van der Waals surface area contributed by atoms with Crippen LogP contribution in [0.1, 0.15) is 48.1 Å². The topological polar surface area (TPSA) is 75.7 Å². The molecule has 1 unspecified atom stereocenters. The molecule has 36 heavy (non-hydrogen) atoms. The van der Waals surface area contributed by atoms with Crippen LogP contribution in [0.15, 0.2) is 65.6 Å². The minimum absolute atomic E-state index is 0.0747. The van der Waals surface area contributed by atoms with E-state index in [1.165, 1.54) is 49.3 Å². The van der Waals surface area contributed by atoms with Gasteiger partial charge in [-0.15, -0.1) is 0 Å². The Morgan fingerprint density at radius 1 is 1.03 bits per heavy atom. The predicted molar refractivity (Wildman–Crippen MR) is 143 cm³/mol. The van der Waals surface area contributed by atoms with Gasteiger partial charge in [-0.25, -0.2) is 8.42 Å². The van der Waals surface area contributed by atoms with Gasteiger partial charge in [0, 0.05) is 5.02 Å². The summed E-state index contributed by atoms with van der Waals surface area (Å²) >= 11 is 6.22. The fraction of sp³-hybridized carbons (Fsp3) is 0.321. The molecular formula is C28H31ClN2O4S. The molecule has 0 bridgehead atoms. The van der Waals surface area contributed by atoms with Crippen molar-refractivity contribution >= 4 is 33.2 Å². The molecule has 1 aliphatic carbocycles. The third-order valence-electron chi connectivity index (χ3n) is 6.56. The highest BCUT2D eigenvalue weighted by atomic mass is 35.5. The number of carbonyl (C=O) groups excluding carboxylic acids is 1. The van der Waals surface area contributed by atoms with Crippen molar-refractivity contribution in [2.24, 2.45) is 0 Å². The summed E-state index contributed by atoms with van der Waals surface area (Å²) in [6, 6.07) is 17.2. The number of anilines is 1. The maximum absolute atomic E-state index is 13.7. The summed E-state index contributed by atoms with van der Waals surface area (Å²) in [5.41, 5.74) is 4.82. The van der Waals surface area contributed by atoms with E-state index in [1.807, 2.05) is 19.9 Å². The summed E-state index contributed by atoms with van der Waals surface area (Å²) < 4.78 is 33.9. The number of rotatable bonds is 8. The largest absolute Gasteiger partial charge is 0.495 e. The van der Waals surface area contributed by atoms with E-state index in [1.54, 1.807) is 24.3 Å². The highest BCUT2D eigenvalue weighted by Gasteiger charge is 2.30. The second-order valence-corrected chi connectivity index (χ2v) is 11.5. The van der Waals surface area contributed by atoms with Crippen molar-refractivity contribution in [3.63, 3.8) is 0 Å². The van der Waals surface area contributed by atoms with Gasteiger partial charge in [0.25, 0.3) is 10.0 Å². The fourth-order valence-corrected chi connectivity index (χ4v) is 6.11. The molecule has 0 aromatic heterocycles. The number of hydrogen-bond acceptors (Lipinski definition) is 4. The lowest BCUT2D eigenvalue weighted by molar-refractivity contribution is -0.120. The Morgan fingerprint density at radius 2 is 1.72 bits per heavy atom. The summed E-state index contributed by atoms with van der Waals surface area (Å²) in [4.78, 5) is 13.3. The van der Waals surface area contributed by atoms with E-state index in [4.69, 9.17) is 16.3 Å². The quantitative estimate of drug-likeness (QED) is 0.414. The van der Waals surface area contributed by atoms with E-state index < -0.39 is 22.5 Å². The summed E-state index contributed by atoms with van der Waals surface area (Å²) in [7, 11) is -2.65. The van der Waals surface area contributed by atoms with E-state index >= 15 is 0 Å². The third-order valence-corrected chi connectivity index (χ3v) is 8.56. The number of hydrogen-bond donors (Lipinski definition) is 1. The number of carbonyl (C=O) groups is 1. The van der Waals surface area contributed by atoms with Crippen molar-refractivity contribution in [1.29, 1.82) is 0 Å². The van der Waals surface area contributed by atoms with Crippen LogP contribution in [0.5, 0.6) is 5.75 Å². The maximum atomic E-state index is 13.7. The van der Waals surface area contributed by atoms with Gasteiger partial charge in [-0.2, -0.15) is 0 Å². The normalized spacial score (nSPS) is 14.0. The number of fused-ring (bicyclic) bond motifs is 1. The lowest BCUT2D eigenvalue weighted by atomic mass is 9.89. The van der Waals surface area contributed by atoms with Crippen LogP contribution in [-0.2, 0) is 27.7 Å². The summed E-state index contributed by atoms with van der Waals surface area (Å²) in [5, 5.41) is 3.30. The molecule has 1 aliphatic rings. The van der Waals surface area contributed by atoms with E-state index in [0.717, 1.165) is 28.3 Å². The molecular weight excluding hydrogens is 496 g/mol. The second-order valence-electron chi connectivity index (χ2n) is 9.17. The average Bonchev–Trinajstić information content (AvgIpc) is 2.87. The SMILES string of the molecule is COc1ccc(Cl)cc1N(CC(=O)NC(C)c1ccc2c(c1)CCCC2)S(=O)(=O)c1ccc(C)cc1. The number of sulfonamides is 1. The van der Waals surface area contributed by atoms with Gasteiger partial charge >= 0.3 is 0 Å². The van der Waals surface area contributed by atoms with Crippen molar-refractivity contribution in [2.75, 3.05) is 18.0 Å². The van der Waals surface area contributed by atoms with E-state index in [9.17, 15) is 13.2 Å². The Balaban J connectivity index is 1.63. The smallest absolute Gasteiger partial charge is 0.264 e. The molecule has 3 aromatic rings. The first-order valence-corrected chi connectivity index (χ1v) is 13.8. The maximum Gasteiger partial charge on any atom is 0.264 e. The molecule has 0 radical (unpaired) electrons. The van der Waals surface area contributed by atoms with Crippen LogP contribution in [0.4, 0.5) is 5.69 Å². The van der Waals surface area contributed by atoms with E-state index in [-0.39, 0.29) is 16.6 Å². The molecule has 190 valence electrons. The van der Waals surface area contributed by atoms with Gasteiger partial charge in [0.2, 0.25) is 5.91 Å². The number of halogens is 1. The molecule has 6 nitrogen and oxygen atoms in total. The first-order chi connectivity index (χ1) is 17.2. The monoisotopic (exact) mass is 526 g/mol. The van der Waals surface area contributed by atoms with Gasteiger partial charge in [-0.3, -0.25) is 9.10 Å². The Hall–Kier alpha value is -3.03. The zero-order chi connectivity index (χ0) is 25.9. The summed E-state index contributed by atoms with van der Waals surface area (Å²) in [6.45, 7) is 3.35. The standard InChI is InChI=1S/C28H31ClN2O4S/c1-19-8-13-25(14-9-19)36(33,34)31(26-17-24(29)12-15-27(26)35-3)18-28(32)30-20(2)22-11-10-21-6-4-5-7-23(21)16-22/h8-17,20H,4-7,18H2,1-3H3,(H,30,32). The zero-order valence-corrected chi connectivity index (χ0v) is 22.3. The molecule has 0 spiro atoms. The van der Waals surface area contributed by atoms with E-state index in [0.29, 0.717) is 10.8 Å². The first-order valence-electron chi connectivity index (χ1n) is 12.0. The minimum atomic E-state index is -4.09. The number of aryl methyl sites for hydroxylation is 3. The van der Waals surface area contributed by atoms with Crippen molar-refractivity contribution < 1.29 is 17.9 Å². The number of amides is 1. The Kier molecular flexibility index (Phi) is 7.91. The van der Waals surface area contributed by atoms with Gasteiger partial charge in [-0.1, -0.05) is 47.5 Å². The van der Waals surface area contributed by atoms with Crippen LogP contribution in [-0.4, -0.2) is 28.0 Å². The minimum Gasteiger partial charge on any atom is -0.495 e. The molecule has 4 rings (SSSR count). The Morgan fingerprint density at radius 3 is 2.42 bits per heavy atom. The van der Waals surface area contributed by atoms with Crippen LogP contribution < -0.4 is 14.4 Å². The van der Waals surface area contributed by atoms with Crippen LogP contribution in [0, 0.1) is 6.92 Å². The van der Waals surface area contributed by atoms with Gasteiger partial charge in [0.1, 0.15) is 12.3 Å².